The number of rotatable bonds is 3. The van der Waals surface area contributed by atoms with Gasteiger partial charge in [0.1, 0.15) is 0 Å². The van der Waals surface area contributed by atoms with Crippen LogP contribution in [0.3, 0.4) is 0 Å². The largest absolute Gasteiger partial charge is 0.399 e. The Bertz CT molecular complexity index is 428. The van der Waals surface area contributed by atoms with E-state index >= 15 is 0 Å². The Morgan fingerprint density at radius 2 is 2.05 bits per heavy atom. The van der Waals surface area contributed by atoms with Crippen molar-refractivity contribution in [2.75, 3.05) is 12.3 Å². The molecule has 1 aromatic rings. The molecule has 0 aliphatic carbocycles. The van der Waals surface area contributed by atoms with E-state index in [-0.39, 0.29) is 18.0 Å². The lowest BCUT2D eigenvalue weighted by Gasteiger charge is -2.38. The number of hydrogen-bond donors (Lipinski definition) is 2. The highest BCUT2D eigenvalue weighted by atomic mass is 16.2. The van der Waals surface area contributed by atoms with Crippen LogP contribution < -0.4 is 11.5 Å². The molecule has 2 atom stereocenters. The third-order valence-electron chi connectivity index (χ3n) is 3.81. The van der Waals surface area contributed by atoms with Gasteiger partial charge in [-0.2, -0.15) is 0 Å². The van der Waals surface area contributed by atoms with Gasteiger partial charge in [0, 0.05) is 24.3 Å². The number of hydrogen-bond acceptors (Lipinski definition) is 3. The summed E-state index contributed by atoms with van der Waals surface area (Å²) in [5, 5.41) is 0. The van der Waals surface area contributed by atoms with Crippen LogP contribution in [-0.4, -0.2) is 29.4 Å². The number of nitrogens with zero attached hydrogens (tertiary/aromatic N) is 1. The lowest BCUT2D eigenvalue weighted by Crippen LogP contribution is -2.52. The van der Waals surface area contributed by atoms with Crippen molar-refractivity contribution in [2.45, 2.75) is 44.7 Å². The Hall–Kier alpha value is -1.55. The molecule has 19 heavy (non-hydrogen) atoms. The average molecular weight is 261 g/mol. The second-order valence-corrected chi connectivity index (χ2v) is 5.43. The Kier molecular flexibility index (Phi) is 4.43. The molecule has 1 amide bonds. The zero-order chi connectivity index (χ0) is 13.8. The smallest absolute Gasteiger partial charge is 0.227 e. The second-order valence-electron chi connectivity index (χ2n) is 5.43. The van der Waals surface area contributed by atoms with Crippen molar-refractivity contribution in [3.63, 3.8) is 0 Å². The molecule has 4 nitrogen and oxygen atoms in total. The molecule has 1 aliphatic rings. The second kappa shape index (κ2) is 6.06. The Morgan fingerprint density at radius 1 is 1.37 bits per heavy atom. The molecule has 104 valence electrons. The zero-order valence-corrected chi connectivity index (χ0v) is 11.5. The van der Waals surface area contributed by atoms with Crippen LogP contribution in [0.1, 0.15) is 31.7 Å². The molecule has 0 radical (unpaired) electrons. The van der Waals surface area contributed by atoms with Gasteiger partial charge in [-0.1, -0.05) is 12.1 Å². The van der Waals surface area contributed by atoms with Crippen molar-refractivity contribution < 1.29 is 4.79 Å². The first kappa shape index (κ1) is 13.9. The molecule has 1 aromatic carbocycles. The van der Waals surface area contributed by atoms with Gasteiger partial charge in [0.15, 0.2) is 0 Å². The molecule has 1 heterocycles. The SMILES string of the molecule is CC(N)C1CCCCN1C(=O)Cc1ccc(N)cc1. The fraction of sp³-hybridized carbons (Fsp3) is 0.533. The summed E-state index contributed by atoms with van der Waals surface area (Å²) in [6, 6.07) is 7.73. The zero-order valence-electron chi connectivity index (χ0n) is 11.5. The van der Waals surface area contributed by atoms with Gasteiger partial charge in [-0.05, 0) is 43.9 Å². The highest BCUT2D eigenvalue weighted by molar-refractivity contribution is 5.79. The van der Waals surface area contributed by atoms with Gasteiger partial charge in [-0.15, -0.1) is 0 Å². The minimum Gasteiger partial charge on any atom is -0.399 e. The van der Waals surface area contributed by atoms with Crippen LogP contribution in [0.5, 0.6) is 0 Å². The molecule has 0 spiro atoms. The standard InChI is InChI=1S/C15H23N3O/c1-11(16)14-4-2-3-9-18(14)15(19)10-12-5-7-13(17)8-6-12/h5-8,11,14H,2-4,9-10,16-17H2,1H3. The topological polar surface area (TPSA) is 72.3 Å². The van der Waals surface area contributed by atoms with E-state index in [0.717, 1.165) is 37.1 Å². The number of benzene rings is 1. The molecule has 0 saturated carbocycles. The van der Waals surface area contributed by atoms with Gasteiger partial charge in [0.25, 0.3) is 0 Å². The van der Waals surface area contributed by atoms with Crippen LogP contribution >= 0.6 is 0 Å². The number of nitrogens with two attached hydrogens (primary N) is 2. The highest BCUT2D eigenvalue weighted by Gasteiger charge is 2.28. The van der Waals surface area contributed by atoms with Crippen LogP contribution in [0, 0.1) is 0 Å². The van der Waals surface area contributed by atoms with E-state index in [1.165, 1.54) is 0 Å². The quantitative estimate of drug-likeness (QED) is 0.811. The maximum Gasteiger partial charge on any atom is 0.227 e. The van der Waals surface area contributed by atoms with Gasteiger partial charge in [0.2, 0.25) is 5.91 Å². The first-order valence-electron chi connectivity index (χ1n) is 6.97. The molecule has 4 heteroatoms. The number of amides is 1. The molecular formula is C15H23N3O. The fourth-order valence-electron chi connectivity index (χ4n) is 2.73. The van der Waals surface area contributed by atoms with Gasteiger partial charge in [-0.3, -0.25) is 4.79 Å². The summed E-state index contributed by atoms with van der Waals surface area (Å²) in [5.74, 6) is 0.173. The van der Waals surface area contributed by atoms with Crippen molar-refractivity contribution >= 4 is 11.6 Å². The van der Waals surface area contributed by atoms with E-state index < -0.39 is 0 Å². The Labute approximate surface area is 114 Å². The minimum absolute atomic E-state index is 0.0377. The third-order valence-corrected chi connectivity index (χ3v) is 3.81. The summed E-state index contributed by atoms with van der Waals surface area (Å²) < 4.78 is 0. The normalized spacial score (nSPS) is 21.2. The van der Waals surface area contributed by atoms with E-state index in [1.54, 1.807) is 0 Å². The van der Waals surface area contributed by atoms with Gasteiger partial charge in [-0.25, -0.2) is 0 Å². The first-order chi connectivity index (χ1) is 9.08. The van der Waals surface area contributed by atoms with Crippen molar-refractivity contribution in [2.24, 2.45) is 5.73 Å². The Balaban J connectivity index is 2.03. The molecule has 0 bridgehead atoms. The maximum atomic E-state index is 12.4. The molecule has 4 N–H and O–H groups in total. The maximum absolute atomic E-state index is 12.4. The van der Waals surface area contributed by atoms with E-state index in [4.69, 9.17) is 11.5 Å². The van der Waals surface area contributed by atoms with Gasteiger partial charge in [0.05, 0.1) is 6.42 Å². The van der Waals surface area contributed by atoms with Crippen molar-refractivity contribution in [1.82, 2.24) is 4.90 Å². The molecule has 1 fully saturated rings. The fourth-order valence-corrected chi connectivity index (χ4v) is 2.73. The van der Waals surface area contributed by atoms with Crippen LogP contribution in [-0.2, 0) is 11.2 Å². The van der Waals surface area contributed by atoms with Crippen LogP contribution in [0.2, 0.25) is 0 Å². The summed E-state index contributed by atoms with van der Waals surface area (Å²) in [5.41, 5.74) is 13.4. The van der Waals surface area contributed by atoms with Gasteiger partial charge >= 0.3 is 0 Å². The van der Waals surface area contributed by atoms with Crippen molar-refractivity contribution in [1.29, 1.82) is 0 Å². The number of carbonyl (C=O) groups excluding carboxylic acids is 1. The lowest BCUT2D eigenvalue weighted by atomic mass is 9.96. The first-order valence-corrected chi connectivity index (χ1v) is 6.97. The molecular weight excluding hydrogens is 238 g/mol. The monoisotopic (exact) mass is 261 g/mol. The number of piperidine rings is 1. The summed E-state index contributed by atoms with van der Waals surface area (Å²) in [7, 11) is 0. The summed E-state index contributed by atoms with van der Waals surface area (Å²) in [4.78, 5) is 14.4. The third kappa shape index (κ3) is 3.47. The number of likely N-dealkylation sites (tertiary alicyclic amines) is 1. The number of nitrogen functional groups attached to an aromatic ring is 1. The van der Waals surface area contributed by atoms with Crippen molar-refractivity contribution in [3.05, 3.63) is 29.8 Å². The average Bonchev–Trinajstić information content (AvgIpc) is 2.41. The molecule has 2 rings (SSSR count). The van der Waals surface area contributed by atoms with Crippen molar-refractivity contribution in [3.8, 4) is 0 Å². The van der Waals surface area contributed by atoms with Crippen LogP contribution in [0.25, 0.3) is 0 Å². The van der Waals surface area contributed by atoms with E-state index in [1.807, 2.05) is 36.1 Å². The summed E-state index contributed by atoms with van der Waals surface area (Å²) in [6.45, 7) is 2.82. The molecule has 1 saturated heterocycles. The van der Waals surface area contributed by atoms with E-state index in [9.17, 15) is 4.79 Å². The molecule has 0 aromatic heterocycles. The predicted molar refractivity (Wildman–Crippen MR) is 77.6 cm³/mol. The van der Waals surface area contributed by atoms with Gasteiger partial charge < -0.3 is 16.4 Å². The summed E-state index contributed by atoms with van der Waals surface area (Å²) in [6.07, 6.45) is 3.70. The van der Waals surface area contributed by atoms with E-state index in [2.05, 4.69) is 0 Å². The summed E-state index contributed by atoms with van der Waals surface area (Å²) >= 11 is 0. The van der Waals surface area contributed by atoms with E-state index in [0.29, 0.717) is 6.42 Å². The number of anilines is 1. The lowest BCUT2D eigenvalue weighted by molar-refractivity contribution is -0.134. The minimum atomic E-state index is 0.0377. The number of carbonyl (C=O) groups is 1. The Morgan fingerprint density at radius 3 is 2.68 bits per heavy atom. The molecule has 1 aliphatic heterocycles. The molecule has 2 unspecified atom stereocenters. The van der Waals surface area contributed by atoms with Crippen LogP contribution in [0.15, 0.2) is 24.3 Å². The highest BCUT2D eigenvalue weighted by Crippen LogP contribution is 2.20. The predicted octanol–water partition coefficient (Wildman–Crippen LogP) is 1.54. The van der Waals surface area contributed by atoms with Crippen LogP contribution in [0.4, 0.5) is 5.69 Å².